The predicted molar refractivity (Wildman–Crippen MR) is 86.7 cm³/mol. The van der Waals surface area contributed by atoms with Gasteiger partial charge in [-0.25, -0.2) is 13.6 Å². The molecule has 122 valence electrons. The number of carbonyl (C=O) groups excluding carboxylic acids is 2. The first kappa shape index (κ1) is 17.8. The third kappa shape index (κ3) is 3.88. The molecule has 0 heterocycles. The number of imide groups is 1. The number of anilines is 1. The van der Waals surface area contributed by atoms with Crippen LogP contribution in [0.25, 0.3) is 0 Å². The largest absolute Gasteiger partial charge is 0.326 e. The van der Waals surface area contributed by atoms with Crippen LogP contribution in [0.5, 0.6) is 0 Å². The zero-order valence-electron chi connectivity index (χ0n) is 11.7. The van der Waals surface area contributed by atoms with Gasteiger partial charge in [0.2, 0.25) is 0 Å². The van der Waals surface area contributed by atoms with Gasteiger partial charge in [-0.2, -0.15) is 5.26 Å². The summed E-state index contributed by atoms with van der Waals surface area (Å²) in [5.74, 6) is -3.43. The Morgan fingerprint density at radius 2 is 1.83 bits per heavy atom. The van der Waals surface area contributed by atoms with E-state index in [-0.39, 0.29) is 16.3 Å². The van der Waals surface area contributed by atoms with E-state index in [1.54, 1.807) is 5.32 Å². The molecular formula is C15H7BrClF2N3O2. The van der Waals surface area contributed by atoms with E-state index in [4.69, 9.17) is 16.9 Å². The molecule has 0 saturated carbocycles. The number of hydrogen-bond acceptors (Lipinski definition) is 3. The van der Waals surface area contributed by atoms with E-state index in [1.807, 2.05) is 6.07 Å². The molecule has 9 heteroatoms. The lowest BCUT2D eigenvalue weighted by Crippen LogP contribution is -2.35. The van der Waals surface area contributed by atoms with Crippen LogP contribution >= 0.6 is 27.5 Å². The molecule has 0 spiro atoms. The van der Waals surface area contributed by atoms with E-state index in [9.17, 15) is 18.4 Å². The monoisotopic (exact) mass is 413 g/mol. The number of amides is 3. The first-order valence-corrected chi connectivity index (χ1v) is 7.46. The highest BCUT2D eigenvalue weighted by Gasteiger charge is 2.19. The van der Waals surface area contributed by atoms with Crippen molar-refractivity contribution in [2.24, 2.45) is 0 Å². The summed E-state index contributed by atoms with van der Waals surface area (Å²) in [6.07, 6.45) is 0. The van der Waals surface area contributed by atoms with Crippen molar-refractivity contribution >= 4 is 45.2 Å². The van der Waals surface area contributed by atoms with Gasteiger partial charge in [-0.1, -0.05) is 17.7 Å². The topological polar surface area (TPSA) is 82.0 Å². The van der Waals surface area contributed by atoms with Crippen molar-refractivity contribution in [3.8, 4) is 6.07 Å². The Labute approximate surface area is 148 Å². The van der Waals surface area contributed by atoms with Crippen molar-refractivity contribution in [3.05, 3.63) is 62.6 Å². The summed E-state index contributed by atoms with van der Waals surface area (Å²) >= 11 is 8.97. The first-order chi connectivity index (χ1) is 11.3. The highest BCUT2D eigenvalue weighted by Crippen LogP contribution is 2.29. The highest BCUT2D eigenvalue weighted by atomic mass is 79.9. The van der Waals surface area contributed by atoms with Crippen molar-refractivity contribution < 1.29 is 18.4 Å². The SMILES string of the molecule is N#Cc1cc(Br)c(NC(=O)NC(=O)c2c(F)cccc2F)cc1Cl. The molecule has 0 radical (unpaired) electrons. The molecule has 0 fully saturated rings. The summed E-state index contributed by atoms with van der Waals surface area (Å²) in [6.45, 7) is 0. The van der Waals surface area contributed by atoms with E-state index in [1.165, 1.54) is 12.1 Å². The van der Waals surface area contributed by atoms with Crippen LogP contribution in [-0.4, -0.2) is 11.9 Å². The van der Waals surface area contributed by atoms with Gasteiger partial charge in [0.15, 0.2) is 0 Å². The standard InChI is InChI=1S/C15H7BrClF2N3O2/c16-8-4-7(6-20)9(17)5-12(8)21-15(24)22-14(23)13-10(18)2-1-3-11(13)19/h1-5H,(H2,21,22,23,24). The maximum Gasteiger partial charge on any atom is 0.326 e. The van der Waals surface area contributed by atoms with Crippen LogP contribution in [0.1, 0.15) is 15.9 Å². The van der Waals surface area contributed by atoms with Gasteiger partial charge in [-0.15, -0.1) is 0 Å². The number of nitrogens with zero attached hydrogens (tertiary/aromatic N) is 1. The van der Waals surface area contributed by atoms with Gasteiger partial charge in [0.1, 0.15) is 23.3 Å². The molecule has 24 heavy (non-hydrogen) atoms. The number of nitrogens with one attached hydrogen (secondary N) is 2. The van der Waals surface area contributed by atoms with Gasteiger partial charge in [-0.05, 0) is 40.2 Å². The number of hydrogen-bond donors (Lipinski definition) is 2. The normalized spacial score (nSPS) is 9.96. The lowest BCUT2D eigenvalue weighted by Gasteiger charge is -2.10. The van der Waals surface area contributed by atoms with Crippen molar-refractivity contribution in [2.45, 2.75) is 0 Å². The van der Waals surface area contributed by atoms with Gasteiger partial charge >= 0.3 is 6.03 Å². The number of halogens is 4. The number of nitriles is 1. The summed E-state index contributed by atoms with van der Waals surface area (Å²) in [5.41, 5.74) is -0.526. The summed E-state index contributed by atoms with van der Waals surface area (Å²) in [6, 6.07) is 6.38. The molecule has 2 aromatic rings. The minimum atomic E-state index is -1.24. The van der Waals surface area contributed by atoms with E-state index >= 15 is 0 Å². The fourth-order valence-corrected chi connectivity index (χ4v) is 2.41. The van der Waals surface area contributed by atoms with Crippen LogP contribution in [0, 0.1) is 23.0 Å². The van der Waals surface area contributed by atoms with Crippen LogP contribution < -0.4 is 10.6 Å². The lowest BCUT2D eigenvalue weighted by molar-refractivity contribution is 0.0959. The van der Waals surface area contributed by atoms with Gasteiger partial charge in [-0.3, -0.25) is 10.1 Å². The summed E-state index contributed by atoms with van der Waals surface area (Å²) in [4.78, 5) is 23.6. The molecule has 2 rings (SSSR count). The molecule has 0 aliphatic rings. The summed E-state index contributed by atoms with van der Waals surface area (Å²) in [5, 5.41) is 13.0. The Morgan fingerprint density at radius 1 is 1.21 bits per heavy atom. The summed E-state index contributed by atoms with van der Waals surface area (Å²) < 4.78 is 27.3. The van der Waals surface area contributed by atoms with E-state index < -0.39 is 29.1 Å². The minimum absolute atomic E-state index is 0.0856. The maximum absolute atomic E-state index is 13.5. The fraction of sp³-hybridized carbons (Fsp3) is 0. The highest BCUT2D eigenvalue weighted by molar-refractivity contribution is 9.10. The van der Waals surface area contributed by atoms with Crippen LogP contribution in [0.2, 0.25) is 5.02 Å². The second kappa shape index (κ2) is 7.38. The van der Waals surface area contributed by atoms with E-state index in [2.05, 4.69) is 21.2 Å². The molecule has 0 bridgehead atoms. The van der Waals surface area contributed by atoms with Crippen LogP contribution in [0.3, 0.4) is 0 Å². The number of urea groups is 1. The first-order valence-electron chi connectivity index (χ1n) is 6.29. The average Bonchev–Trinajstić information content (AvgIpc) is 2.50. The summed E-state index contributed by atoms with van der Waals surface area (Å²) in [7, 11) is 0. The molecule has 2 N–H and O–H groups in total. The fourth-order valence-electron chi connectivity index (χ4n) is 1.76. The molecule has 5 nitrogen and oxygen atoms in total. The molecule has 0 atom stereocenters. The Kier molecular flexibility index (Phi) is 5.49. The van der Waals surface area contributed by atoms with Crippen molar-refractivity contribution in [1.82, 2.24) is 5.32 Å². The Morgan fingerprint density at radius 3 is 2.42 bits per heavy atom. The number of rotatable bonds is 2. The zero-order valence-corrected chi connectivity index (χ0v) is 14.0. The second-order valence-electron chi connectivity index (χ2n) is 4.43. The number of benzene rings is 2. The smallest absolute Gasteiger partial charge is 0.306 e. The second-order valence-corrected chi connectivity index (χ2v) is 5.69. The third-order valence-corrected chi connectivity index (χ3v) is 3.81. The van der Waals surface area contributed by atoms with Crippen LogP contribution in [0.15, 0.2) is 34.8 Å². The Hall–Kier alpha value is -2.50. The molecule has 0 aromatic heterocycles. The Balaban J connectivity index is 2.16. The zero-order chi connectivity index (χ0) is 17.9. The molecule has 2 aromatic carbocycles. The van der Waals surface area contributed by atoms with Gasteiger partial charge in [0, 0.05) is 4.47 Å². The molecule has 0 saturated heterocycles. The van der Waals surface area contributed by atoms with Crippen LogP contribution in [0.4, 0.5) is 19.3 Å². The molecule has 0 aliphatic carbocycles. The van der Waals surface area contributed by atoms with Crippen LogP contribution in [-0.2, 0) is 0 Å². The predicted octanol–water partition coefficient (Wildman–Crippen LogP) is 4.21. The van der Waals surface area contributed by atoms with E-state index in [0.29, 0.717) is 4.47 Å². The quantitative estimate of drug-likeness (QED) is 0.772. The van der Waals surface area contributed by atoms with Crippen molar-refractivity contribution in [2.75, 3.05) is 5.32 Å². The van der Waals surface area contributed by atoms with Gasteiger partial charge < -0.3 is 5.32 Å². The van der Waals surface area contributed by atoms with Gasteiger partial charge in [0.25, 0.3) is 5.91 Å². The molecule has 0 unspecified atom stereocenters. The average molecular weight is 415 g/mol. The number of carbonyl (C=O) groups is 2. The van der Waals surface area contributed by atoms with Gasteiger partial charge in [0.05, 0.1) is 16.3 Å². The molecule has 3 amide bonds. The minimum Gasteiger partial charge on any atom is -0.306 e. The molecular weight excluding hydrogens is 408 g/mol. The third-order valence-electron chi connectivity index (χ3n) is 2.84. The lowest BCUT2D eigenvalue weighted by atomic mass is 10.2. The molecule has 0 aliphatic heterocycles. The van der Waals surface area contributed by atoms with Crippen molar-refractivity contribution in [3.63, 3.8) is 0 Å². The van der Waals surface area contributed by atoms with Crippen molar-refractivity contribution in [1.29, 1.82) is 5.26 Å². The maximum atomic E-state index is 13.5. The Bertz CT molecular complexity index is 864. The van der Waals surface area contributed by atoms with E-state index in [0.717, 1.165) is 18.2 Å².